The minimum atomic E-state index is -5.00. The van der Waals surface area contributed by atoms with Gasteiger partial charge in [-0.2, -0.15) is 13.2 Å². The Morgan fingerprint density at radius 2 is 1.86 bits per heavy atom. The van der Waals surface area contributed by atoms with Crippen LogP contribution in [0.3, 0.4) is 0 Å². The van der Waals surface area contributed by atoms with Gasteiger partial charge in [-0.1, -0.05) is 0 Å². The predicted molar refractivity (Wildman–Crippen MR) is 63.8 cm³/mol. The van der Waals surface area contributed by atoms with E-state index in [0.717, 1.165) is 11.5 Å². The molecule has 1 amide bonds. The molecule has 1 N–H and O–H groups in total. The van der Waals surface area contributed by atoms with Gasteiger partial charge < -0.3 is 14.9 Å². The first-order valence-corrected chi connectivity index (χ1v) is 6.78. The van der Waals surface area contributed by atoms with E-state index < -0.39 is 12.1 Å². The van der Waals surface area contributed by atoms with Crippen molar-refractivity contribution >= 4 is 11.9 Å². The average Bonchev–Trinajstić information content (AvgIpc) is 2.91. The summed E-state index contributed by atoms with van der Waals surface area (Å²) in [5, 5.41) is 3.81. The Bertz CT molecular complexity index is 388. The van der Waals surface area contributed by atoms with Gasteiger partial charge in [0.2, 0.25) is 5.91 Å². The summed E-state index contributed by atoms with van der Waals surface area (Å²) < 4.78 is 41.3. The molecule has 120 valence electrons. The maximum atomic E-state index is 12.1. The number of hydrogen-bond donors (Lipinski definition) is 1. The Morgan fingerprint density at radius 3 is 2.38 bits per heavy atom. The second kappa shape index (κ2) is 6.61. The van der Waals surface area contributed by atoms with Crippen molar-refractivity contribution in [2.24, 2.45) is 5.92 Å². The van der Waals surface area contributed by atoms with Crippen molar-refractivity contribution in [2.45, 2.75) is 31.5 Å². The Kier molecular flexibility index (Phi) is 5.04. The lowest BCUT2D eigenvalue weighted by atomic mass is 9.96. The second-order valence-electron chi connectivity index (χ2n) is 5.15. The third-order valence-corrected chi connectivity index (χ3v) is 3.54. The molecule has 2 aliphatic rings. The van der Waals surface area contributed by atoms with Crippen LogP contribution in [0.25, 0.3) is 0 Å². The number of ether oxygens (including phenoxy) is 1. The molecule has 0 aromatic heterocycles. The lowest BCUT2D eigenvalue weighted by Crippen LogP contribution is -2.45. The fourth-order valence-corrected chi connectivity index (χ4v) is 2.35. The molecule has 2 aliphatic heterocycles. The van der Waals surface area contributed by atoms with Gasteiger partial charge in [-0.3, -0.25) is 4.79 Å². The Balaban J connectivity index is 1.72. The summed E-state index contributed by atoms with van der Waals surface area (Å²) in [6.45, 7) is 1.34. The van der Waals surface area contributed by atoms with Crippen LogP contribution in [0.15, 0.2) is 0 Å². The van der Waals surface area contributed by atoms with Gasteiger partial charge in [0.1, 0.15) is 0 Å². The minimum absolute atomic E-state index is 0.0126. The van der Waals surface area contributed by atoms with Gasteiger partial charge in [0, 0.05) is 25.6 Å². The Morgan fingerprint density at radius 1 is 1.19 bits per heavy atom. The topological polar surface area (TPSA) is 67.9 Å². The van der Waals surface area contributed by atoms with Crippen molar-refractivity contribution in [2.75, 3.05) is 26.3 Å². The van der Waals surface area contributed by atoms with Crippen LogP contribution in [0.1, 0.15) is 19.3 Å². The SMILES string of the molecule is O=C(NC1CCOC1)C1CCN(OC(=O)C(F)(F)F)CC1. The molecule has 0 radical (unpaired) electrons. The summed E-state index contributed by atoms with van der Waals surface area (Å²) in [6, 6.07) is 0.0126. The van der Waals surface area contributed by atoms with E-state index in [0.29, 0.717) is 26.1 Å². The molecule has 1 unspecified atom stereocenters. The van der Waals surface area contributed by atoms with E-state index in [1.54, 1.807) is 0 Å². The maximum Gasteiger partial charge on any atom is 0.492 e. The molecule has 0 bridgehead atoms. The summed E-state index contributed by atoms with van der Waals surface area (Å²) >= 11 is 0. The molecule has 0 saturated carbocycles. The first-order chi connectivity index (χ1) is 9.86. The van der Waals surface area contributed by atoms with Gasteiger partial charge >= 0.3 is 12.1 Å². The van der Waals surface area contributed by atoms with Crippen LogP contribution < -0.4 is 5.32 Å². The highest BCUT2D eigenvalue weighted by atomic mass is 19.4. The highest BCUT2D eigenvalue weighted by molar-refractivity contribution is 5.79. The van der Waals surface area contributed by atoms with Crippen LogP contribution in [0, 0.1) is 5.92 Å². The van der Waals surface area contributed by atoms with Crippen LogP contribution in [-0.4, -0.2) is 55.5 Å². The third-order valence-electron chi connectivity index (χ3n) is 3.54. The summed E-state index contributed by atoms with van der Waals surface area (Å²) in [4.78, 5) is 26.9. The van der Waals surface area contributed by atoms with E-state index in [1.165, 1.54) is 0 Å². The standard InChI is InChI=1S/C12H17F3N2O4/c13-12(14,15)11(19)21-17-4-1-8(2-5-17)10(18)16-9-3-6-20-7-9/h8-9H,1-7H2,(H,16,18). The van der Waals surface area contributed by atoms with Crippen LogP contribution in [0.5, 0.6) is 0 Å². The highest BCUT2D eigenvalue weighted by Gasteiger charge is 2.43. The molecule has 2 heterocycles. The lowest BCUT2D eigenvalue weighted by molar-refractivity contribution is -0.242. The Hall–Kier alpha value is -1.35. The van der Waals surface area contributed by atoms with Crippen molar-refractivity contribution in [3.05, 3.63) is 0 Å². The highest BCUT2D eigenvalue weighted by Crippen LogP contribution is 2.22. The van der Waals surface area contributed by atoms with Crippen LogP contribution >= 0.6 is 0 Å². The normalized spacial score (nSPS) is 24.8. The number of halogens is 3. The molecular weight excluding hydrogens is 293 g/mol. The smallest absolute Gasteiger partial charge is 0.379 e. The van der Waals surface area contributed by atoms with Crippen LogP contribution in [-0.2, 0) is 19.2 Å². The number of amides is 1. The Labute approximate surface area is 119 Å². The first kappa shape index (κ1) is 16.0. The van der Waals surface area contributed by atoms with Gasteiger partial charge in [-0.15, -0.1) is 5.06 Å². The molecule has 1 atom stereocenters. The number of carbonyl (C=O) groups is 2. The van der Waals surface area contributed by atoms with Gasteiger partial charge in [0.15, 0.2) is 0 Å². The zero-order chi connectivity index (χ0) is 15.5. The number of alkyl halides is 3. The molecule has 0 aromatic carbocycles. The average molecular weight is 310 g/mol. The number of nitrogens with zero attached hydrogens (tertiary/aromatic N) is 1. The molecule has 0 spiro atoms. The number of rotatable bonds is 3. The molecule has 21 heavy (non-hydrogen) atoms. The van der Waals surface area contributed by atoms with E-state index >= 15 is 0 Å². The predicted octanol–water partition coefficient (Wildman–Crippen LogP) is 0.624. The van der Waals surface area contributed by atoms with Gasteiger partial charge in [0.25, 0.3) is 0 Å². The number of hydroxylamine groups is 2. The van der Waals surface area contributed by atoms with Crippen LogP contribution in [0.2, 0.25) is 0 Å². The second-order valence-corrected chi connectivity index (χ2v) is 5.15. The quantitative estimate of drug-likeness (QED) is 0.828. The molecule has 2 fully saturated rings. The van der Waals surface area contributed by atoms with E-state index in [-0.39, 0.29) is 31.0 Å². The van der Waals surface area contributed by atoms with Crippen molar-refractivity contribution < 1.29 is 32.3 Å². The number of nitrogens with one attached hydrogen (secondary N) is 1. The fraction of sp³-hybridized carbons (Fsp3) is 0.833. The van der Waals surface area contributed by atoms with Gasteiger partial charge in [-0.25, -0.2) is 4.79 Å². The van der Waals surface area contributed by atoms with Crippen molar-refractivity contribution in [3.63, 3.8) is 0 Å². The van der Waals surface area contributed by atoms with Gasteiger partial charge in [0.05, 0.1) is 12.6 Å². The van der Waals surface area contributed by atoms with Crippen LogP contribution in [0.4, 0.5) is 13.2 Å². The summed E-state index contributed by atoms with van der Waals surface area (Å²) in [5.74, 6) is -2.62. The molecule has 0 aromatic rings. The molecule has 2 rings (SSSR count). The minimum Gasteiger partial charge on any atom is -0.379 e. The monoisotopic (exact) mass is 310 g/mol. The van der Waals surface area contributed by atoms with Crippen molar-refractivity contribution in [1.82, 2.24) is 10.4 Å². The summed E-state index contributed by atoms with van der Waals surface area (Å²) in [6.07, 6.45) is -3.53. The zero-order valence-electron chi connectivity index (χ0n) is 11.3. The third kappa shape index (κ3) is 4.57. The lowest BCUT2D eigenvalue weighted by Gasteiger charge is -2.30. The number of piperidine rings is 1. The molecule has 2 saturated heterocycles. The molecule has 6 nitrogen and oxygen atoms in total. The largest absolute Gasteiger partial charge is 0.492 e. The molecular formula is C12H17F3N2O4. The number of carbonyl (C=O) groups excluding carboxylic acids is 2. The van der Waals surface area contributed by atoms with Gasteiger partial charge in [-0.05, 0) is 19.3 Å². The molecule has 0 aliphatic carbocycles. The van der Waals surface area contributed by atoms with E-state index in [2.05, 4.69) is 10.2 Å². The summed E-state index contributed by atoms with van der Waals surface area (Å²) in [7, 11) is 0. The van der Waals surface area contributed by atoms with Crippen molar-refractivity contribution in [3.8, 4) is 0 Å². The van der Waals surface area contributed by atoms with E-state index in [4.69, 9.17) is 4.74 Å². The zero-order valence-corrected chi connectivity index (χ0v) is 11.3. The van der Waals surface area contributed by atoms with E-state index in [9.17, 15) is 22.8 Å². The first-order valence-electron chi connectivity index (χ1n) is 6.78. The maximum absolute atomic E-state index is 12.1. The summed E-state index contributed by atoms with van der Waals surface area (Å²) in [5.41, 5.74) is 0. The van der Waals surface area contributed by atoms with Crippen molar-refractivity contribution in [1.29, 1.82) is 0 Å². The van der Waals surface area contributed by atoms with E-state index in [1.807, 2.05) is 0 Å². The number of hydrogen-bond acceptors (Lipinski definition) is 5. The fourth-order valence-electron chi connectivity index (χ4n) is 2.35. The molecule has 9 heteroatoms.